The Morgan fingerprint density at radius 3 is 2.81 bits per heavy atom. The molecular formula is C34H30N4O5. The van der Waals surface area contributed by atoms with Crippen molar-refractivity contribution in [3.63, 3.8) is 0 Å². The Hall–Kier alpha value is -4.94. The lowest BCUT2D eigenvalue weighted by Gasteiger charge is -2.28. The lowest BCUT2D eigenvalue weighted by atomic mass is 9.86. The van der Waals surface area contributed by atoms with Gasteiger partial charge in [-0.05, 0) is 67.5 Å². The van der Waals surface area contributed by atoms with Gasteiger partial charge in [0.15, 0.2) is 5.69 Å². The molecule has 0 saturated carbocycles. The van der Waals surface area contributed by atoms with Gasteiger partial charge in [-0.25, -0.2) is 19.6 Å². The minimum Gasteiger partial charge on any atom is -0.478 e. The minimum atomic E-state index is -0.936. The average molecular weight is 575 g/mol. The van der Waals surface area contributed by atoms with E-state index in [0.717, 1.165) is 72.2 Å². The number of carboxylic acid groups (broad SMARTS) is 1. The molecular weight excluding hydrogens is 544 g/mol. The number of carbonyl (C=O) groups is 1. The second-order valence-electron chi connectivity index (χ2n) is 11.2. The van der Waals surface area contributed by atoms with Crippen LogP contribution in [-0.4, -0.2) is 38.3 Å². The number of carboxylic acids is 1. The molecule has 9 nitrogen and oxygen atoms in total. The van der Waals surface area contributed by atoms with Gasteiger partial charge in [-0.1, -0.05) is 24.3 Å². The number of nitrogens with zero attached hydrogens (tertiary/aromatic N) is 4. The topological polar surface area (TPSA) is 104 Å². The smallest absolute Gasteiger partial charge is 0.335 e. The summed E-state index contributed by atoms with van der Waals surface area (Å²) in [4.78, 5) is 24.9. The van der Waals surface area contributed by atoms with Crippen molar-refractivity contribution in [2.75, 3.05) is 6.61 Å². The Labute approximate surface area is 248 Å². The number of pyridine rings is 1. The third kappa shape index (κ3) is 5.38. The molecule has 216 valence electrons. The Morgan fingerprint density at radius 1 is 1.14 bits per heavy atom. The number of benzene rings is 2. The van der Waals surface area contributed by atoms with Crippen molar-refractivity contribution in [2.24, 2.45) is 5.92 Å². The van der Waals surface area contributed by atoms with E-state index in [4.69, 9.17) is 30.4 Å². The molecule has 2 aromatic carbocycles. The zero-order valence-corrected chi connectivity index (χ0v) is 23.5. The van der Waals surface area contributed by atoms with E-state index in [9.17, 15) is 9.90 Å². The molecule has 1 saturated heterocycles. The number of fused-ring (bicyclic) bond motifs is 2. The first-order valence-corrected chi connectivity index (χ1v) is 14.6. The summed E-state index contributed by atoms with van der Waals surface area (Å²) in [5.41, 5.74) is 6.17. The molecule has 2 atom stereocenters. The van der Waals surface area contributed by atoms with E-state index in [0.29, 0.717) is 36.2 Å². The molecule has 9 heteroatoms. The number of aromatic nitrogens is 3. The molecule has 1 fully saturated rings. The number of hydrogen-bond donors (Lipinski definition) is 1. The first kappa shape index (κ1) is 26.9. The quantitative estimate of drug-likeness (QED) is 0.185. The highest BCUT2D eigenvalue weighted by Gasteiger charge is 2.25. The highest BCUT2D eigenvalue weighted by molar-refractivity contribution is 5.93. The molecule has 1 aliphatic carbocycles. The molecule has 5 aromatic rings. The van der Waals surface area contributed by atoms with Crippen LogP contribution in [0.2, 0.25) is 0 Å². The molecule has 43 heavy (non-hydrogen) atoms. The van der Waals surface area contributed by atoms with Gasteiger partial charge in [0, 0.05) is 30.0 Å². The zero-order chi connectivity index (χ0) is 29.3. The summed E-state index contributed by atoms with van der Waals surface area (Å²) < 4.78 is 19.6. The summed E-state index contributed by atoms with van der Waals surface area (Å²) in [5, 5.41) is 10.3. The Morgan fingerprint density at radius 2 is 2.05 bits per heavy atom. The summed E-state index contributed by atoms with van der Waals surface area (Å²) in [6.45, 7) is 9.11. The van der Waals surface area contributed by atoms with Gasteiger partial charge in [-0.15, -0.1) is 0 Å². The summed E-state index contributed by atoms with van der Waals surface area (Å²) in [6, 6.07) is 16.5. The Kier molecular flexibility index (Phi) is 7.13. The predicted octanol–water partition coefficient (Wildman–Crippen LogP) is 7.22. The zero-order valence-electron chi connectivity index (χ0n) is 23.5. The maximum Gasteiger partial charge on any atom is 0.335 e. The lowest BCUT2D eigenvalue weighted by Crippen LogP contribution is -2.32. The fourth-order valence-corrected chi connectivity index (χ4v) is 6.00. The van der Waals surface area contributed by atoms with Gasteiger partial charge in [0.25, 0.3) is 0 Å². The van der Waals surface area contributed by atoms with Gasteiger partial charge < -0.3 is 23.6 Å². The van der Waals surface area contributed by atoms with E-state index in [-0.39, 0.29) is 11.7 Å². The molecule has 2 aliphatic rings. The van der Waals surface area contributed by atoms with Crippen molar-refractivity contribution in [1.82, 2.24) is 14.5 Å². The van der Waals surface area contributed by atoms with Crippen molar-refractivity contribution in [1.29, 1.82) is 0 Å². The lowest BCUT2D eigenvalue weighted by molar-refractivity contribution is -0.0590. The van der Waals surface area contributed by atoms with Crippen LogP contribution >= 0.6 is 0 Å². The molecule has 0 bridgehead atoms. The number of furan rings is 1. The number of rotatable bonds is 9. The number of aromatic carboxylic acids is 1. The van der Waals surface area contributed by atoms with Gasteiger partial charge in [0.05, 0.1) is 47.8 Å². The van der Waals surface area contributed by atoms with Crippen LogP contribution in [0.4, 0.5) is 5.69 Å². The summed E-state index contributed by atoms with van der Waals surface area (Å²) in [5.74, 6) is 1.02. The SMILES string of the molecule is [C-]#[N+]c1ccc(COc2cccc(C3=CCC(Cc4nc5ccc(C(=O)O)cc5n4C[C@@H]4CCO4)CC3)n2)c2occc12. The third-order valence-electron chi connectivity index (χ3n) is 8.47. The van der Waals surface area contributed by atoms with Crippen LogP contribution in [0.1, 0.15) is 53.1 Å². The second kappa shape index (κ2) is 11.4. The van der Waals surface area contributed by atoms with Crippen LogP contribution in [0, 0.1) is 12.5 Å². The Balaban J connectivity index is 1.05. The first-order chi connectivity index (χ1) is 21.1. The van der Waals surface area contributed by atoms with Crippen LogP contribution in [-0.2, 0) is 24.3 Å². The van der Waals surface area contributed by atoms with Gasteiger partial charge in [-0.2, -0.15) is 0 Å². The van der Waals surface area contributed by atoms with Crippen LogP contribution < -0.4 is 4.74 Å². The van der Waals surface area contributed by atoms with Crippen molar-refractivity contribution >= 4 is 39.2 Å². The number of hydrogen-bond acceptors (Lipinski definition) is 6. The fraction of sp³-hybridized carbons (Fsp3) is 0.294. The summed E-state index contributed by atoms with van der Waals surface area (Å²) in [6.07, 6.45) is 8.66. The average Bonchev–Trinajstić information content (AvgIpc) is 3.63. The van der Waals surface area contributed by atoms with Gasteiger partial charge >= 0.3 is 5.97 Å². The van der Waals surface area contributed by atoms with Crippen LogP contribution in [0.15, 0.2) is 71.4 Å². The van der Waals surface area contributed by atoms with Crippen LogP contribution in [0.25, 0.3) is 32.4 Å². The summed E-state index contributed by atoms with van der Waals surface area (Å²) in [7, 11) is 0. The van der Waals surface area contributed by atoms with Crippen molar-refractivity contribution < 1.29 is 23.8 Å². The van der Waals surface area contributed by atoms with E-state index < -0.39 is 5.97 Å². The predicted molar refractivity (Wildman–Crippen MR) is 161 cm³/mol. The highest BCUT2D eigenvalue weighted by Crippen LogP contribution is 2.34. The van der Waals surface area contributed by atoms with E-state index in [1.807, 2.05) is 30.3 Å². The van der Waals surface area contributed by atoms with Crippen molar-refractivity contribution in [2.45, 2.75) is 51.4 Å². The summed E-state index contributed by atoms with van der Waals surface area (Å²) >= 11 is 0. The maximum absolute atomic E-state index is 11.6. The number of allylic oxidation sites excluding steroid dienone is 2. The molecule has 7 rings (SSSR count). The number of ether oxygens (including phenoxy) is 2. The van der Waals surface area contributed by atoms with Crippen LogP contribution in [0.3, 0.4) is 0 Å². The molecule has 4 heterocycles. The van der Waals surface area contributed by atoms with Crippen LogP contribution in [0.5, 0.6) is 5.88 Å². The van der Waals surface area contributed by atoms with Gasteiger partial charge in [0.1, 0.15) is 18.0 Å². The number of imidazole rings is 1. The van der Waals surface area contributed by atoms with E-state index in [1.54, 1.807) is 30.5 Å². The minimum absolute atomic E-state index is 0.145. The van der Waals surface area contributed by atoms with E-state index in [1.165, 1.54) is 5.57 Å². The normalized spacial score (nSPS) is 18.3. The molecule has 3 aromatic heterocycles. The van der Waals surface area contributed by atoms with E-state index >= 15 is 0 Å². The standard InChI is InChI=1S/C34H30N4O5/c1-35-28-11-10-24(33-26(28)14-16-42-33)20-43-32-4-2-3-27(37-32)22-7-5-21(6-8-22)17-31-36-29-12-9-23(34(39)40)18-30(29)38(31)19-25-13-15-41-25/h2-4,7,9-12,14,16,18,21,25H,5-6,8,13,15,17,19-20H2,(H,39,40)/t21?,25-/m0/s1. The second-order valence-corrected chi connectivity index (χ2v) is 11.2. The van der Waals surface area contributed by atoms with Crippen molar-refractivity contribution in [3.8, 4) is 5.88 Å². The first-order valence-electron chi connectivity index (χ1n) is 14.6. The largest absolute Gasteiger partial charge is 0.478 e. The molecule has 1 N–H and O–H groups in total. The monoisotopic (exact) mass is 574 g/mol. The van der Waals surface area contributed by atoms with Gasteiger partial charge in [0.2, 0.25) is 5.88 Å². The third-order valence-corrected chi connectivity index (χ3v) is 8.47. The fourth-order valence-electron chi connectivity index (χ4n) is 6.00. The van der Waals surface area contributed by atoms with E-state index in [2.05, 4.69) is 15.5 Å². The molecule has 0 spiro atoms. The van der Waals surface area contributed by atoms with Crippen molar-refractivity contribution in [3.05, 3.63) is 101 Å². The molecule has 1 unspecified atom stereocenters. The van der Waals surface area contributed by atoms with Gasteiger partial charge in [-0.3, -0.25) is 0 Å². The molecule has 1 aliphatic heterocycles. The molecule has 0 radical (unpaired) electrons. The maximum atomic E-state index is 11.6. The highest BCUT2D eigenvalue weighted by atomic mass is 16.5. The Bertz CT molecular complexity index is 1910. The molecule has 0 amide bonds.